The van der Waals surface area contributed by atoms with Crippen molar-refractivity contribution in [2.45, 2.75) is 19.9 Å². The summed E-state index contributed by atoms with van der Waals surface area (Å²) in [5.74, 6) is 0.812. The molecule has 1 unspecified atom stereocenters. The Balaban J connectivity index is 2.91. The van der Waals surface area contributed by atoms with Crippen molar-refractivity contribution in [2.24, 2.45) is 0 Å². The number of thioether (sulfide) groups is 1. The molecule has 0 bridgehead atoms. The fourth-order valence-electron chi connectivity index (χ4n) is 1.59. The molecule has 0 aromatic heterocycles. The highest BCUT2D eigenvalue weighted by atomic mass is 32.2. The molecule has 0 heterocycles. The van der Waals surface area contributed by atoms with Gasteiger partial charge >= 0.3 is 5.97 Å². The maximum Gasteiger partial charge on any atom is 0.340 e. The summed E-state index contributed by atoms with van der Waals surface area (Å²) in [4.78, 5) is 11.5. The quantitative estimate of drug-likeness (QED) is 0.622. The average Bonchev–Trinajstić information content (AvgIpc) is 2.38. The van der Waals surface area contributed by atoms with Crippen molar-refractivity contribution >= 4 is 29.1 Å². The standard InChI is InChI=1S/C13H19FN2O2S/c1-4-19-7-8(2)16-12-5-9(13(17)18-3)11(15)6-10(12)14/h5-6,8,16H,4,7,15H2,1-3H3. The molecule has 6 heteroatoms. The number of nitrogens with two attached hydrogens (primary N) is 1. The van der Waals surface area contributed by atoms with Crippen molar-refractivity contribution in [1.82, 2.24) is 0 Å². The van der Waals surface area contributed by atoms with E-state index in [1.54, 1.807) is 11.8 Å². The summed E-state index contributed by atoms with van der Waals surface area (Å²) in [5, 5.41) is 3.03. The molecule has 0 radical (unpaired) electrons. The van der Waals surface area contributed by atoms with Gasteiger partial charge in [-0.2, -0.15) is 11.8 Å². The van der Waals surface area contributed by atoms with Crippen LogP contribution in [0, 0.1) is 5.82 Å². The Bertz CT molecular complexity index is 455. The van der Waals surface area contributed by atoms with E-state index in [1.165, 1.54) is 13.2 Å². The minimum atomic E-state index is -0.573. The van der Waals surface area contributed by atoms with E-state index in [4.69, 9.17) is 5.73 Å². The van der Waals surface area contributed by atoms with E-state index in [0.717, 1.165) is 17.6 Å². The van der Waals surface area contributed by atoms with Crippen molar-refractivity contribution in [2.75, 3.05) is 29.7 Å². The maximum absolute atomic E-state index is 13.8. The van der Waals surface area contributed by atoms with E-state index in [1.807, 2.05) is 6.92 Å². The monoisotopic (exact) mass is 286 g/mol. The molecular weight excluding hydrogens is 267 g/mol. The predicted octanol–water partition coefficient (Wildman–Crippen LogP) is 2.75. The predicted molar refractivity (Wildman–Crippen MR) is 78.2 cm³/mol. The molecule has 1 atom stereocenters. The fraction of sp³-hybridized carbons (Fsp3) is 0.462. The lowest BCUT2D eigenvalue weighted by Crippen LogP contribution is -2.19. The first kappa shape index (κ1) is 15.6. The van der Waals surface area contributed by atoms with Crippen molar-refractivity contribution in [3.63, 3.8) is 0 Å². The number of carbonyl (C=O) groups is 1. The third kappa shape index (κ3) is 4.31. The van der Waals surface area contributed by atoms with E-state index in [-0.39, 0.29) is 23.0 Å². The second-order valence-electron chi connectivity index (χ2n) is 4.12. The molecule has 1 rings (SSSR count). The van der Waals surface area contributed by atoms with Gasteiger partial charge in [0.2, 0.25) is 0 Å². The third-order valence-corrected chi connectivity index (χ3v) is 3.66. The van der Waals surface area contributed by atoms with Crippen LogP contribution < -0.4 is 11.1 Å². The van der Waals surface area contributed by atoms with Gasteiger partial charge in [-0.15, -0.1) is 0 Å². The summed E-state index contributed by atoms with van der Waals surface area (Å²) in [6, 6.07) is 2.62. The Morgan fingerprint density at radius 3 is 2.84 bits per heavy atom. The number of hydrogen-bond acceptors (Lipinski definition) is 5. The van der Waals surface area contributed by atoms with Gasteiger partial charge in [-0.3, -0.25) is 0 Å². The minimum Gasteiger partial charge on any atom is -0.465 e. The third-order valence-electron chi connectivity index (χ3n) is 2.52. The van der Waals surface area contributed by atoms with Crippen LogP contribution >= 0.6 is 11.8 Å². The summed E-state index contributed by atoms with van der Waals surface area (Å²) in [5.41, 5.74) is 6.11. The SMILES string of the molecule is CCSCC(C)Nc1cc(C(=O)OC)c(N)cc1F. The largest absolute Gasteiger partial charge is 0.465 e. The van der Waals surface area contributed by atoms with Gasteiger partial charge in [0.1, 0.15) is 5.82 Å². The first-order valence-corrected chi connectivity index (χ1v) is 7.16. The number of rotatable bonds is 6. The summed E-state index contributed by atoms with van der Waals surface area (Å²) in [6.07, 6.45) is 0. The number of hydrogen-bond donors (Lipinski definition) is 2. The van der Waals surface area contributed by atoms with E-state index >= 15 is 0 Å². The number of methoxy groups -OCH3 is 1. The first-order chi connectivity index (χ1) is 8.99. The summed E-state index contributed by atoms with van der Waals surface area (Å²) in [7, 11) is 1.26. The normalized spacial score (nSPS) is 12.0. The summed E-state index contributed by atoms with van der Waals surface area (Å²) < 4.78 is 18.4. The summed E-state index contributed by atoms with van der Waals surface area (Å²) in [6.45, 7) is 4.02. The number of anilines is 2. The minimum absolute atomic E-state index is 0.0745. The van der Waals surface area contributed by atoms with Crippen molar-refractivity contribution < 1.29 is 13.9 Å². The van der Waals surface area contributed by atoms with E-state index < -0.39 is 11.8 Å². The lowest BCUT2D eigenvalue weighted by atomic mass is 10.1. The molecule has 0 aliphatic rings. The van der Waals surface area contributed by atoms with Gasteiger partial charge in [-0.1, -0.05) is 6.92 Å². The molecule has 4 nitrogen and oxygen atoms in total. The molecule has 0 aliphatic carbocycles. The number of esters is 1. The number of ether oxygens (including phenoxy) is 1. The Labute approximate surface area is 116 Å². The number of nitrogen functional groups attached to an aromatic ring is 1. The van der Waals surface area contributed by atoms with Crippen LogP contribution in [0.25, 0.3) is 0 Å². The molecule has 1 aromatic carbocycles. The summed E-state index contributed by atoms with van der Waals surface area (Å²) >= 11 is 1.76. The Kier molecular flexibility index (Phi) is 5.95. The molecule has 106 valence electrons. The molecule has 0 amide bonds. The molecule has 0 fully saturated rings. The highest BCUT2D eigenvalue weighted by Gasteiger charge is 2.15. The smallest absolute Gasteiger partial charge is 0.340 e. The van der Waals surface area contributed by atoms with Crippen LogP contribution in [0.4, 0.5) is 15.8 Å². The van der Waals surface area contributed by atoms with E-state index in [9.17, 15) is 9.18 Å². The molecule has 1 aromatic rings. The Morgan fingerprint density at radius 2 is 2.26 bits per heavy atom. The van der Waals surface area contributed by atoms with Gasteiger partial charge in [0.25, 0.3) is 0 Å². The number of benzene rings is 1. The molecule has 0 aliphatic heterocycles. The molecule has 0 spiro atoms. The topological polar surface area (TPSA) is 64.3 Å². The second kappa shape index (κ2) is 7.23. The van der Waals surface area contributed by atoms with Gasteiger partial charge in [0.15, 0.2) is 0 Å². The zero-order chi connectivity index (χ0) is 14.4. The van der Waals surface area contributed by atoms with Crippen LogP contribution in [-0.2, 0) is 4.74 Å². The van der Waals surface area contributed by atoms with Crippen LogP contribution in [0.15, 0.2) is 12.1 Å². The number of nitrogens with one attached hydrogen (secondary N) is 1. The van der Waals surface area contributed by atoms with E-state index in [2.05, 4.69) is 17.0 Å². The molecule has 19 heavy (non-hydrogen) atoms. The Hall–Kier alpha value is -1.43. The van der Waals surface area contributed by atoms with E-state index in [0.29, 0.717) is 0 Å². The Morgan fingerprint density at radius 1 is 1.58 bits per heavy atom. The van der Waals surface area contributed by atoms with Crippen LogP contribution in [-0.4, -0.2) is 30.6 Å². The molecule has 0 saturated heterocycles. The average molecular weight is 286 g/mol. The van der Waals surface area contributed by atoms with Crippen LogP contribution in [0.3, 0.4) is 0 Å². The first-order valence-electron chi connectivity index (χ1n) is 6.01. The van der Waals surface area contributed by atoms with Crippen LogP contribution in [0.1, 0.15) is 24.2 Å². The second-order valence-corrected chi connectivity index (χ2v) is 5.43. The van der Waals surface area contributed by atoms with Gasteiger partial charge in [0, 0.05) is 17.5 Å². The number of carbonyl (C=O) groups excluding carboxylic acids is 1. The lowest BCUT2D eigenvalue weighted by molar-refractivity contribution is 0.0602. The van der Waals surface area contributed by atoms with Crippen LogP contribution in [0.2, 0.25) is 0 Å². The van der Waals surface area contributed by atoms with Crippen molar-refractivity contribution in [3.8, 4) is 0 Å². The molecule has 3 N–H and O–H groups in total. The highest BCUT2D eigenvalue weighted by Crippen LogP contribution is 2.24. The van der Waals surface area contributed by atoms with Crippen molar-refractivity contribution in [3.05, 3.63) is 23.5 Å². The van der Waals surface area contributed by atoms with Crippen molar-refractivity contribution in [1.29, 1.82) is 0 Å². The van der Waals surface area contributed by atoms with Gasteiger partial charge in [0.05, 0.1) is 18.4 Å². The lowest BCUT2D eigenvalue weighted by Gasteiger charge is -2.16. The maximum atomic E-state index is 13.8. The highest BCUT2D eigenvalue weighted by molar-refractivity contribution is 7.99. The molecule has 0 saturated carbocycles. The molecular formula is C13H19FN2O2S. The van der Waals surface area contributed by atoms with Crippen LogP contribution in [0.5, 0.6) is 0 Å². The zero-order valence-corrected chi connectivity index (χ0v) is 12.1. The van der Waals surface area contributed by atoms with Gasteiger partial charge < -0.3 is 15.8 Å². The zero-order valence-electron chi connectivity index (χ0n) is 11.3. The number of halogens is 1. The van der Waals surface area contributed by atoms with Gasteiger partial charge in [-0.05, 0) is 24.8 Å². The van der Waals surface area contributed by atoms with Gasteiger partial charge in [-0.25, -0.2) is 9.18 Å². The fourth-order valence-corrected chi connectivity index (χ4v) is 2.26.